The molecule has 0 spiro atoms. The number of benzene rings is 1. The Kier molecular flexibility index (Phi) is 6.32. The van der Waals surface area contributed by atoms with Crippen LogP contribution in [0.4, 0.5) is 0 Å². The summed E-state index contributed by atoms with van der Waals surface area (Å²) in [6.07, 6.45) is 0.449. The summed E-state index contributed by atoms with van der Waals surface area (Å²) in [4.78, 5) is 26.2. The summed E-state index contributed by atoms with van der Waals surface area (Å²) in [6, 6.07) is 5.74. The molecule has 0 bridgehead atoms. The van der Waals surface area contributed by atoms with Gasteiger partial charge >= 0.3 is 0 Å². The maximum absolute atomic E-state index is 13.5. The molecule has 0 aliphatic rings. The van der Waals surface area contributed by atoms with Crippen molar-refractivity contribution in [2.45, 2.75) is 47.6 Å². The zero-order valence-corrected chi connectivity index (χ0v) is 18.5. The lowest BCUT2D eigenvalue weighted by molar-refractivity contribution is 0.100. The third-order valence-electron chi connectivity index (χ3n) is 5.73. The number of hydrogen-bond acceptors (Lipinski definition) is 6. The van der Waals surface area contributed by atoms with E-state index in [-0.39, 0.29) is 29.0 Å². The summed E-state index contributed by atoms with van der Waals surface area (Å²) < 4.78 is 12.3. The number of nitriles is 1. The molecule has 0 saturated carbocycles. The largest absolute Gasteiger partial charge is 0.494 e. The van der Waals surface area contributed by atoms with Crippen molar-refractivity contribution in [1.29, 1.82) is 5.26 Å². The minimum Gasteiger partial charge on any atom is -0.494 e. The number of ether oxygens (including phenoxy) is 1. The van der Waals surface area contributed by atoms with Gasteiger partial charge in [0.15, 0.2) is 5.76 Å². The average Bonchev–Trinajstić information content (AvgIpc) is 3.07. The molecule has 3 aromatic rings. The van der Waals surface area contributed by atoms with Gasteiger partial charge in [-0.2, -0.15) is 5.26 Å². The summed E-state index contributed by atoms with van der Waals surface area (Å²) in [5.74, 6) is -0.933. The first-order chi connectivity index (χ1) is 14.7. The second kappa shape index (κ2) is 8.78. The van der Waals surface area contributed by atoms with E-state index < -0.39 is 17.2 Å². The van der Waals surface area contributed by atoms with E-state index in [0.717, 1.165) is 21.1 Å². The Hall–Kier alpha value is -3.37. The van der Waals surface area contributed by atoms with Crippen LogP contribution in [-0.2, 0) is 11.3 Å². The SMILES string of the molecule is CCOCCCn1c(O)c(C(=O)c2oc3c(C)c(C)ccc3c2C)c(C)c(C#N)c1=O. The highest BCUT2D eigenvalue weighted by atomic mass is 16.5. The molecule has 1 aromatic carbocycles. The van der Waals surface area contributed by atoms with Gasteiger partial charge in [0, 0.05) is 30.7 Å². The molecule has 0 aliphatic carbocycles. The molecule has 2 aromatic heterocycles. The van der Waals surface area contributed by atoms with Crippen molar-refractivity contribution >= 4 is 16.8 Å². The molecule has 0 saturated heterocycles. The molecule has 0 radical (unpaired) electrons. The van der Waals surface area contributed by atoms with E-state index in [1.807, 2.05) is 39.0 Å². The van der Waals surface area contributed by atoms with Crippen molar-refractivity contribution in [2.75, 3.05) is 13.2 Å². The van der Waals surface area contributed by atoms with Gasteiger partial charge in [-0.3, -0.25) is 14.2 Å². The molecule has 7 heteroatoms. The van der Waals surface area contributed by atoms with Crippen LogP contribution in [0.2, 0.25) is 0 Å². The maximum Gasteiger partial charge on any atom is 0.271 e. The molecular formula is C24H26N2O5. The summed E-state index contributed by atoms with van der Waals surface area (Å²) in [7, 11) is 0. The third-order valence-corrected chi connectivity index (χ3v) is 5.73. The monoisotopic (exact) mass is 422 g/mol. The third kappa shape index (κ3) is 3.75. The van der Waals surface area contributed by atoms with Gasteiger partial charge < -0.3 is 14.3 Å². The molecule has 1 N–H and O–H groups in total. The van der Waals surface area contributed by atoms with Crippen LogP contribution >= 0.6 is 0 Å². The number of carbonyl (C=O) groups excluding carboxylic acids is 1. The summed E-state index contributed by atoms with van der Waals surface area (Å²) in [5, 5.41) is 21.2. The number of nitrogens with zero attached hydrogens (tertiary/aromatic N) is 2. The van der Waals surface area contributed by atoms with Crippen LogP contribution in [0.1, 0.15) is 57.3 Å². The van der Waals surface area contributed by atoms with Crippen molar-refractivity contribution < 1.29 is 19.1 Å². The molecule has 0 fully saturated rings. The van der Waals surface area contributed by atoms with E-state index in [1.54, 1.807) is 6.92 Å². The molecule has 2 heterocycles. The molecule has 7 nitrogen and oxygen atoms in total. The fourth-order valence-corrected chi connectivity index (χ4v) is 3.75. The van der Waals surface area contributed by atoms with Crippen LogP contribution in [-0.4, -0.2) is 28.7 Å². The van der Waals surface area contributed by atoms with Gasteiger partial charge in [-0.15, -0.1) is 0 Å². The van der Waals surface area contributed by atoms with E-state index in [9.17, 15) is 20.0 Å². The van der Waals surface area contributed by atoms with Crippen LogP contribution in [0, 0.1) is 39.0 Å². The zero-order chi connectivity index (χ0) is 22.9. The molecule has 0 amide bonds. The van der Waals surface area contributed by atoms with Crippen LogP contribution in [0.3, 0.4) is 0 Å². The van der Waals surface area contributed by atoms with E-state index in [2.05, 4.69) is 0 Å². The van der Waals surface area contributed by atoms with E-state index in [4.69, 9.17) is 9.15 Å². The predicted molar refractivity (Wildman–Crippen MR) is 117 cm³/mol. The summed E-state index contributed by atoms with van der Waals surface area (Å²) in [6.45, 7) is 10.1. The molecule has 162 valence electrons. The highest BCUT2D eigenvalue weighted by Gasteiger charge is 2.29. The van der Waals surface area contributed by atoms with Crippen molar-refractivity contribution in [3.8, 4) is 11.9 Å². The van der Waals surface area contributed by atoms with Gasteiger partial charge in [0.1, 0.15) is 17.2 Å². The minimum atomic E-state index is -0.627. The maximum atomic E-state index is 13.5. The van der Waals surface area contributed by atoms with Crippen molar-refractivity contribution in [3.63, 3.8) is 0 Å². The fourth-order valence-electron chi connectivity index (χ4n) is 3.75. The number of furan rings is 1. The summed E-state index contributed by atoms with van der Waals surface area (Å²) in [5.41, 5.74) is 2.48. The lowest BCUT2D eigenvalue weighted by Gasteiger charge is -2.15. The highest BCUT2D eigenvalue weighted by Crippen LogP contribution is 2.33. The Morgan fingerprint density at radius 1 is 1.19 bits per heavy atom. The summed E-state index contributed by atoms with van der Waals surface area (Å²) >= 11 is 0. The normalized spacial score (nSPS) is 11.1. The highest BCUT2D eigenvalue weighted by molar-refractivity contribution is 6.13. The number of carbonyl (C=O) groups is 1. The standard InChI is InChI=1S/C24H26N2O5/c1-6-30-11-7-10-26-23(28)18(12-25)15(4)19(24(26)29)20(27)22-16(5)17-9-8-13(2)14(3)21(17)31-22/h8-9,29H,6-7,10-11H2,1-5H3. The van der Waals surface area contributed by atoms with Crippen LogP contribution in [0.25, 0.3) is 11.0 Å². The number of aryl methyl sites for hydroxylation is 3. The minimum absolute atomic E-state index is 0.0884. The Balaban J connectivity index is 2.18. The topological polar surface area (TPSA) is 105 Å². The molecule has 0 aliphatic heterocycles. The molecule has 0 unspecified atom stereocenters. The number of ketones is 1. The predicted octanol–water partition coefficient (Wildman–Crippen LogP) is 4.06. The number of aromatic hydroxyl groups is 1. The number of fused-ring (bicyclic) bond motifs is 1. The average molecular weight is 422 g/mol. The second-order valence-corrected chi connectivity index (χ2v) is 7.59. The Labute approximate surface area is 180 Å². The lowest BCUT2D eigenvalue weighted by atomic mass is 9.98. The van der Waals surface area contributed by atoms with Gasteiger partial charge in [-0.25, -0.2) is 0 Å². The zero-order valence-electron chi connectivity index (χ0n) is 18.5. The Morgan fingerprint density at radius 3 is 2.55 bits per heavy atom. The first kappa shape index (κ1) is 22.3. The number of aromatic nitrogens is 1. The smallest absolute Gasteiger partial charge is 0.271 e. The van der Waals surface area contributed by atoms with Gasteiger partial charge in [0.05, 0.1) is 5.56 Å². The van der Waals surface area contributed by atoms with Gasteiger partial charge in [0.25, 0.3) is 5.56 Å². The first-order valence-corrected chi connectivity index (χ1v) is 10.2. The number of rotatable bonds is 7. The van der Waals surface area contributed by atoms with Crippen LogP contribution in [0.15, 0.2) is 21.3 Å². The van der Waals surface area contributed by atoms with Gasteiger partial charge in [-0.05, 0) is 57.7 Å². The van der Waals surface area contributed by atoms with Gasteiger partial charge in [-0.1, -0.05) is 12.1 Å². The number of pyridine rings is 1. The fraction of sp³-hybridized carbons (Fsp3) is 0.375. The second-order valence-electron chi connectivity index (χ2n) is 7.59. The van der Waals surface area contributed by atoms with E-state index in [0.29, 0.717) is 30.8 Å². The van der Waals surface area contributed by atoms with Crippen molar-refractivity contribution in [1.82, 2.24) is 4.57 Å². The van der Waals surface area contributed by atoms with Crippen LogP contribution < -0.4 is 5.56 Å². The van der Waals surface area contributed by atoms with E-state index in [1.165, 1.54) is 6.92 Å². The first-order valence-electron chi connectivity index (χ1n) is 10.2. The molecule has 31 heavy (non-hydrogen) atoms. The molecule has 3 rings (SSSR count). The van der Waals surface area contributed by atoms with Crippen molar-refractivity contribution in [3.05, 3.63) is 61.6 Å². The molecular weight excluding hydrogens is 396 g/mol. The Bertz CT molecular complexity index is 1270. The van der Waals surface area contributed by atoms with E-state index >= 15 is 0 Å². The molecule has 0 atom stereocenters. The Morgan fingerprint density at radius 2 is 1.90 bits per heavy atom. The van der Waals surface area contributed by atoms with Crippen molar-refractivity contribution in [2.24, 2.45) is 0 Å². The number of hydrogen-bond donors (Lipinski definition) is 1. The van der Waals surface area contributed by atoms with Gasteiger partial charge in [0.2, 0.25) is 11.7 Å². The quantitative estimate of drug-likeness (QED) is 0.455. The lowest BCUT2D eigenvalue weighted by Crippen LogP contribution is -2.27. The van der Waals surface area contributed by atoms with Crippen LogP contribution in [0.5, 0.6) is 5.88 Å².